The van der Waals surface area contributed by atoms with Crippen molar-refractivity contribution >= 4 is 17.2 Å². The molecular formula is C26H26N4O3. The number of amides is 1. The third-order valence-electron chi connectivity index (χ3n) is 5.61. The van der Waals surface area contributed by atoms with Crippen molar-refractivity contribution in [3.8, 4) is 17.0 Å². The lowest BCUT2D eigenvalue weighted by atomic mass is 9.94. The monoisotopic (exact) mass is 442 g/mol. The molecule has 4 aromatic rings. The van der Waals surface area contributed by atoms with Crippen molar-refractivity contribution in [2.24, 2.45) is 5.73 Å². The summed E-state index contributed by atoms with van der Waals surface area (Å²) < 4.78 is 7.45. The van der Waals surface area contributed by atoms with Crippen LogP contribution in [0.5, 0.6) is 5.88 Å². The Balaban J connectivity index is 2.00. The Bertz CT molecular complexity index is 1340. The van der Waals surface area contributed by atoms with Crippen molar-refractivity contribution < 1.29 is 14.3 Å². The van der Waals surface area contributed by atoms with Crippen LogP contribution in [0.2, 0.25) is 0 Å². The van der Waals surface area contributed by atoms with Gasteiger partial charge in [-0.3, -0.25) is 9.59 Å². The summed E-state index contributed by atoms with van der Waals surface area (Å²) >= 11 is 0. The Morgan fingerprint density at radius 2 is 1.73 bits per heavy atom. The molecule has 0 spiro atoms. The summed E-state index contributed by atoms with van der Waals surface area (Å²) in [6.07, 6.45) is 1.02. The molecule has 2 aromatic heterocycles. The molecule has 0 aliphatic rings. The number of hydrogen-bond acceptors (Lipinski definition) is 5. The average Bonchev–Trinajstić information content (AvgIpc) is 3.12. The quantitative estimate of drug-likeness (QED) is 0.329. The first-order chi connectivity index (χ1) is 16.0. The van der Waals surface area contributed by atoms with Gasteiger partial charge < -0.3 is 10.5 Å². The topological polar surface area (TPSA) is 99.6 Å². The Morgan fingerprint density at radius 1 is 1.03 bits per heavy atom. The summed E-state index contributed by atoms with van der Waals surface area (Å²) in [6.45, 7) is 5.91. The Hall–Kier alpha value is -4.00. The van der Waals surface area contributed by atoms with E-state index >= 15 is 0 Å². The summed E-state index contributed by atoms with van der Waals surface area (Å²) in [5.74, 6) is -1.01. The summed E-state index contributed by atoms with van der Waals surface area (Å²) in [6, 6.07) is 18.3. The number of primary amides is 1. The van der Waals surface area contributed by atoms with E-state index in [0.29, 0.717) is 30.8 Å². The fourth-order valence-electron chi connectivity index (χ4n) is 4.25. The van der Waals surface area contributed by atoms with Crippen LogP contribution in [0.4, 0.5) is 0 Å². The SMILES string of the molecule is CCOc1nc(C)nn2c(Cc3ccccc3-c3ccccc3)c(CC)c(C(=O)C(N)=O)c12. The highest BCUT2D eigenvalue weighted by Crippen LogP contribution is 2.33. The number of nitrogens with zero attached hydrogens (tertiary/aromatic N) is 3. The molecule has 0 bridgehead atoms. The van der Waals surface area contributed by atoms with Gasteiger partial charge in [-0.1, -0.05) is 61.5 Å². The number of carbonyl (C=O) groups is 2. The van der Waals surface area contributed by atoms with E-state index in [2.05, 4.69) is 34.3 Å². The molecule has 168 valence electrons. The number of carbonyl (C=O) groups excluding carboxylic acids is 2. The minimum atomic E-state index is -1.02. The van der Waals surface area contributed by atoms with Crippen LogP contribution < -0.4 is 10.5 Å². The maximum atomic E-state index is 12.9. The molecule has 0 fully saturated rings. The molecule has 0 aliphatic carbocycles. The van der Waals surface area contributed by atoms with Gasteiger partial charge in [-0.25, -0.2) is 4.52 Å². The van der Waals surface area contributed by atoms with Gasteiger partial charge in [-0.2, -0.15) is 10.1 Å². The van der Waals surface area contributed by atoms with Gasteiger partial charge in [0.1, 0.15) is 11.3 Å². The lowest BCUT2D eigenvalue weighted by Gasteiger charge is -2.12. The summed E-state index contributed by atoms with van der Waals surface area (Å²) in [4.78, 5) is 29.3. The number of benzene rings is 2. The van der Waals surface area contributed by atoms with Crippen molar-refractivity contribution in [3.05, 3.63) is 82.8 Å². The second-order valence-electron chi connectivity index (χ2n) is 7.70. The smallest absolute Gasteiger partial charge is 0.289 e. The molecule has 2 N–H and O–H groups in total. The molecule has 0 aliphatic heterocycles. The second-order valence-corrected chi connectivity index (χ2v) is 7.70. The number of ketones is 1. The number of nitrogens with two attached hydrogens (primary N) is 1. The van der Waals surface area contributed by atoms with Crippen molar-refractivity contribution in [2.75, 3.05) is 6.61 Å². The third kappa shape index (κ3) is 4.09. The number of rotatable bonds is 8. The molecule has 2 aromatic carbocycles. The van der Waals surface area contributed by atoms with Crippen molar-refractivity contribution in [2.45, 2.75) is 33.6 Å². The van der Waals surface area contributed by atoms with Gasteiger partial charge >= 0.3 is 0 Å². The largest absolute Gasteiger partial charge is 0.476 e. The van der Waals surface area contributed by atoms with Gasteiger partial charge in [0.05, 0.1) is 17.9 Å². The van der Waals surface area contributed by atoms with E-state index in [1.54, 1.807) is 11.4 Å². The minimum Gasteiger partial charge on any atom is -0.476 e. The molecule has 0 radical (unpaired) electrons. The molecule has 0 atom stereocenters. The molecule has 0 unspecified atom stereocenters. The van der Waals surface area contributed by atoms with Crippen molar-refractivity contribution in [1.82, 2.24) is 14.6 Å². The summed E-state index contributed by atoms with van der Waals surface area (Å²) in [5.41, 5.74) is 10.8. The molecule has 1 amide bonds. The second kappa shape index (κ2) is 9.24. The van der Waals surface area contributed by atoms with Gasteiger partial charge in [0.15, 0.2) is 0 Å². The van der Waals surface area contributed by atoms with E-state index in [9.17, 15) is 9.59 Å². The Labute approximate surface area is 192 Å². The molecule has 33 heavy (non-hydrogen) atoms. The van der Waals surface area contributed by atoms with Crippen LogP contribution in [0.25, 0.3) is 16.6 Å². The maximum absolute atomic E-state index is 12.9. The van der Waals surface area contributed by atoms with Crippen LogP contribution in [0.1, 0.15) is 46.9 Å². The van der Waals surface area contributed by atoms with Crippen LogP contribution in [0, 0.1) is 6.92 Å². The lowest BCUT2D eigenvalue weighted by Crippen LogP contribution is -2.24. The fraction of sp³-hybridized carbons (Fsp3) is 0.231. The van der Waals surface area contributed by atoms with Gasteiger partial charge in [0.25, 0.3) is 11.7 Å². The first-order valence-electron chi connectivity index (χ1n) is 11.0. The van der Waals surface area contributed by atoms with Gasteiger partial charge in [0.2, 0.25) is 5.88 Å². The van der Waals surface area contributed by atoms with E-state index in [0.717, 1.165) is 27.9 Å². The van der Waals surface area contributed by atoms with Gasteiger partial charge in [0, 0.05) is 6.42 Å². The third-order valence-corrected chi connectivity index (χ3v) is 5.61. The zero-order valence-electron chi connectivity index (χ0n) is 19.0. The van der Waals surface area contributed by atoms with E-state index in [1.165, 1.54) is 0 Å². The van der Waals surface area contributed by atoms with E-state index in [-0.39, 0.29) is 11.4 Å². The predicted molar refractivity (Wildman–Crippen MR) is 126 cm³/mol. The van der Waals surface area contributed by atoms with Crippen LogP contribution in [-0.4, -0.2) is 32.9 Å². The molecule has 4 rings (SSSR count). The van der Waals surface area contributed by atoms with Crippen molar-refractivity contribution in [3.63, 3.8) is 0 Å². The molecule has 7 nitrogen and oxygen atoms in total. The number of hydrogen-bond donors (Lipinski definition) is 1. The summed E-state index contributed by atoms with van der Waals surface area (Å²) in [7, 11) is 0. The zero-order chi connectivity index (χ0) is 23.5. The number of aromatic nitrogens is 3. The van der Waals surface area contributed by atoms with Gasteiger partial charge in [-0.05, 0) is 42.5 Å². The molecular weight excluding hydrogens is 416 g/mol. The number of aryl methyl sites for hydroxylation is 1. The lowest BCUT2D eigenvalue weighted by molar-refractivity contribution is -0.114. The van der Waals surface area contributed by atoms with Crippen LogP contribution in [0.15, 0.2) is 54.6 Å². The molecule has 7 heteroatoms. The summed E-state index contributed by atoms with van der Waals surface area (Å²) in [5, 5.41) is 4.61. The number of ether oxygens (including phenoxy) is 1. The fourth-order valence-corrected chi connectivity index (χ4v) is 4.25. The van der Waals surface area contributed by atoms with Crippen LogP contribution >= 0.6 is 0 Å². The minimum absolute atomic E-state index is 0.223. The van der Waals surface area contributed by atoms with Crippen LogP contribution in [-0.2, 0) is 17.6 Å². The number of fused-ring (bicyclic) bond motifs is 1. The highest BCUT2D eigenvalue weighted by atomic mass is 16.5. The molecule has 0 saturated carbocycles. The van der Waals surface area contributed by atoms with E-state index in [1.807, 2.05) is 44.2 Å². The Morgan fingerprint density at radius 3 is 2.39 bits per heavy atom. The van der Waals surface area contributed by atoms with Gasteiger partial charge in [-0.15, -0.1) is 0 Å². The standard InChI is InChI=1S/C26H26N4O3/c1-4-19-21(15-18-13-9-10-14-20(18)17-11-7-6-8-12-17)30-23(22(19)24(31)25(27)32)26(33-5-2)28-16(3)29-30/h6-14H,4-5,15H2,1-3H3,(H2,27,32). The first kappa shape index (κ1) is 22.2. The highest BCUT2D eigenvalue weighted by molar-refractivity contribution is 6.44. The normalized spacial score (nSPS) is 11.0. The van der Waals surface area contributed by atoms with Crippen molar-refractivity contribution in [1.29, 1.82) is 0 Å². The highest BCUT2D eigenvalue weighted by Gasteiger charge is 2.29. The molecule has 2 heterocycles. The van der Waals surface area contributed by atoms with E-state index < -0.39 is 11.7 Å². The molecule has 0 saturated heterocycles. The predicted octanol–water partition coefficient (Wildman–Crippen LogP) is 3.92. The average molecular weight is 443 g/mol. The number of Topliss-reactive ketones (excluding diaryl/α,β-unsaturated/α-hetero) is 1. The maximum Gasteiger partial charge on any atom is 0.289 e. The van der Waals surface area contributed by atoms with E-state index in [4.69, 9.17) is 10.5 Å². The zero-order valence-corrected chi connectivity index (χ0v) is 19.0. The van der Waals surface area contributed by atoms with Crippen LogP contribution in [0.3, 0.4) is 0 Å². The first-order valence-corrected chi connectivity index (χ1v) is 11.0. The Kier molecular flexibility index (Phi) is 6.22.